The van der Waals surface area contributed by atoms with Gasteiger partial charge in [-0.3, -0.25) is 0 Å². The molecule has 1 N–H and O–H groups in total. The number of hydrogen-bond acceptors (Lipinski definition) is 3. The lowest BCUT2D eigenvalue weighted by Gasteiger charge is -2.31. The highest BCUT2D eigenvalue weighted by Crippen LogP contribution is 2.34. The van der Waals surface area contributed by atoms with Crippen LogP contribution in [0.1, 0.15) is 36.2 Å². The molecule has 2 heterocycles. The molecule has 1 fully saturated rings. The van der Waals surface area contributed by atoms with E-state index in [-0.39, 0.29) is 0 Å². The normalized spacial score (nSPS) is 19.6. The summed E-state index contributed by atoms with van der Waals surface area (Å²) in [5, 5.41) is 5.26. The fraction of sp³-hybridized carbons (Fsp3) is 0.529. The van der Waals surface area contributed by atoms with Gasteiger partial charge in [-0.05, 0) is 63.8 Å². The van der Waals surface area contributed by atoms with Gasteiger partial charge in [0, 0.05) is 21.7 Å². The molecule has 108 valence electrons. The van der Waals surface area contributed by atoms with Crippen LogP contribution in [-0.2, 0) is 0 Å². The summed E-state index contributed by atoms with van der Waals surface area (Å²) < 4.78 is 1.41. The molecule has 3 rings (SSSR count). The van der Waals surface area contributed by atoms with Gasteiger partial charge in [0.2, 0.25) is 0 Å². The Bertz CT molecular complexity index is 582. The van der Waals surface area contributed by atoms with Gasteiger partial charge in [0.15, 0.2) is 0 Å². The second kappa shape index (κ2) is 5.84. The molecule has 1 aromatic heterocycles. The Morgan fingerprint density at radius 3 is 2.65 bits per heavy atom. The average molecular weight is 288 g/mol. The van der Waals surface area contributed by atoms with Crippen molar-refractivity contribution in [2.24, 2.45) is 0 Å². The summed E-state index contributed by atoms with van der Waals surface area (Å²) in [5.74, 6) is 0. The van der Waals surface area contributed by atoms with Gasteiger partial charge in [-0.15, -0.1) is 11.3 Å². The van der Waals surface area contributed by atoms with E-state index in [4.69, 9.17) is 0 Å². The molecule has 0 radical (unpaired) electrons. The molecular formula is C17H24N2S. The second-order valence-electron chi connectivity index (χ2n) is 6.05. The van der Waals surface area contributed by atoms with Crippen molar-refractivity contribution in [2.45, 2.75) is 38.8 Å². The number of rotatable bonds is 3. The van der Waals surface area contributed by atoms with E-state index < -0.39 is 0 Å². The molecule has 1 aromatic carbocycles. The maximum atomic E-state index is 3.84. The van der Waals surface area contributed by atoms with Gasteiger partial charge in [0.1, 0.15) is 0 Å². The SMILES string of the molecule is Cc1c(C(C)NC2CCN(C)CC2)sc2ccccc12. The van der Waals surface area contributed by atoms with Crippen LogP contribution in [-0.4, -0.2) is 31.1 Å². The number of aryl methyl sites for hydroxylation is 1. The van der Waals surface area contributed by atoms with E-state index in [0.29, 0.717) is 12.1 Å². The van der Waals surface area contributed by atoms with E-state index >= 15 is 0 Å². The molecule has 1 saturated heterocycles. The first kappa shape index (κ1) is 14.1. The predicted octanol–water partition coefficient (Wildman–Crippen LogP) is 3.95. The average Bonchev–Trinajstić information content (AvgIpc) is 2.79. The van der Waals surface area contributed by atoms with Crippen LogP contribution < -0.4 is 5.32 Å². The van der Waals surface area contributed by atoms with Crippen molar-refractivity contribution in [1.29, 1.82) is 0 Å². The first-order valence-corrected chi connectivity index (χ1v) is 8.39. The van der Waals surface area contributed by atoms with Crippen LogP contribution in [0.25, 0.3) is 10.1 Å². The van der Waals surface area contributed by atoms with E-state index in [1.54, 1.807) is 0 Å². The lowest BCUT2D eigenvalue weighted by molar-refractivity contribution is 0.227. The van der Waals surface area contributed by atoms with Gasteiger partial charge >= 0.3 is 0 Å². The number of nitrogens with zero attached hydrogens (tertiary/aromatic N) is 1. The molecule has 1 aliphatic heterocycles. The van der Waals surface area contributed by atoms with Gasteiger partial charge in [-0.1, -0.05) is 18.2 Å². The standard InChI is InChI=1S/C17H24N2S/c1-12-15-6-4-5-7-16(15)20-17(12)13(2)18-14-8-10-19(3)11-9-14/h4-7,13-14,18H,8-11H2,1-3H3. The van der Waals surface area contributed by atoms with E-state index in [1.807, 2.05) is 11.3 Å². The highest BCUT2D eigenvalue weighted by Gasteiger charge is 2.21. The number of nitrogens with one attached hydrogen (secondary N) is 1. The summed E-state index contributed by atoms with van der Waals surface area (Å²) in [6.07, 6.45) is 2.54. The minimum absolute atomic E-state index is 0.459. The third-order valence-corrected chi connectivity index (χ3v) is 5.93. The molecule has 0 spiro atoms. The van der Waals surface area contributed by atoms with Crippen molar-refractivity contribution in [1.82, 2.24) is 10.2 Å². The molecule has 1 unspecified atom stereocenters. The largest absolute Gasteiger partial charge is 0.307 e. The minimum atomic E-state index is 0.459. The highest BCUT2D eigenvalue weighted by molar-refractivity contribution is 7.19. The fourth-order valence-corrected chi connectivity index (χ4v) is 4.43. The lowest BCUT2D eigenvalue weighted by atomic mass is 10.0. The molecule has 20 heavy (non-hydrogen) atoms. The van der Waals surface area contributed by atoms with E-state index in [0.717, 1.165) is 0 Å². The van der Waals surface area contributed by atoms with Crippen LogP contribution in [0, 0.1) is 6.92 Å². The van der Waals surface area contributed by atoms with Crippen molar-refractivity contribution >= 4 is 21.4 Å². The highest BCUT2D eigenvalue weighted by atomic mass is 32.1. The summed E-state index contributed by atoms with van der Waals surface area (Å²) in [6.45, 7) is 7.02. The third kappa shape index (κ3) is 2.76. The van der Waals surface area contributed by atoms with Crippen LogP contribution in [0.5, 0.6) is 0 Å². The number of hydrogen-bond donors (Lipinski definition) is 1. The Labute approximate surface area is 125 Å². The van der Waals surface area contributed by atoms with Crippen molar-refractivity contribution in [3.63, 3.8) is 0 Å². The Hall–Kier alpha value is -0.900. The van der Waals surface area contributed by atoms with E-state index in [1.165, 1.54) is 46.5 Å². The molecule has 0 amide bonds. The molecule has 1 aliphatic rings. The summed E-state index contributed by atoms with van der Waals surface area (Å²) in [6, 6.07) is 9.88. The molecule has 2 nitrogen and oxygen atoms in total. The minimum Gasteiger partial charge on any atom is -0.307 e. The summed E-state index contributed by atoms with van der Waals surface area (Å²) in [7, 11) is 2.22. The van der Waals surface area contributed by atoms with Gasteiger partial charge in [-0.2, -0.15) is 0 Å². The van der Waals surface area contributed by atoms with Crippen LogP contribution in [0.15, 0.2) is 24.3 Å². The maximum Gasteiger partial charge on any atom is 0.0391 e. The van der Waals surface area contributed by atoms with E-state index in [2.05, 4.69) is 55.4 Å². The lowest BCUT2D eigenvalue weighted by Crippen LogP contribution is -2.41. The molecule has 2 aromatic rings. The van der Waals surface area contributed by atoms with Crippen LogP contribution in [0.4, 0.5) is 0 Å². The Morgan fingerprint density at radius 1 is 1.25 bits per heavy atom. The van der Waals surface area contributed by atoms with Gasteiger partial charge < -0.3 is 10.2 Å². The number of thiophene rings is 1. The summed E-state index contributed by atoms with van der Waals surface area (Å²) in [4.78, 5) is 3.93. The molecule has 3 heteroatoms. The quantitative estimate of drug-likeness (QED) is 0.920. The topological polar surface area (TPSA) is 15.3 Å². The van der Waals surface area contributed by atoms with E-state index in [9.17, 15) is 0 Å². The van der Waals surface area contributed by atoms with Crippen LogP contribution in [0.3, 0.4) is 0 Å². The molecule has 0 aliphatic carbocycles. The second-order valence-corrected chi connectivity index (χ2v) is 7.14. The zero-order chi connectivity index (χ0) is 14.1. The first-order valence-electron chi connectivity index (χ1n) is 7.58. The van der Waals surface area contributed by atoms with Gasteiger partial charge in [-0.25, -0.2) is 0 Å². The number of piperidine rings is 1. The van der Waals surface area contributed by atoms with Gasteiger partial charge in [0.25, 0.3) is 0 Å². The van der Waals surface area contributed by atoms with Crippen molar-refractivity contribution in [2.75, 3.05) is 20.1 Å². The Balaban J connectivity index is 1.75. The van der Waals surface area contributed by atoms with Crippen molar-refractivity contribution in [3.05, 3.63) is 34.7 Å². The Morgan fingerprint density at radius 2 is 1.95 bits per heavy atom. The third-order valence-electron chi connectivity index (χ3n) is 4.48. The number of likely N-dealkylation sites (tertiary alicyclic amines) is 1. The first-order chi connectivity index (χ1) is 9.65. The monoisotopic (exact) mass is 288 g/mol. The molecular weight excluding hydrogens is 264 g/mol. The summed E-state index contributed by atoms with van der Waals surface area (Å²) >= 11 is 1.95. The molecule has 0 saturated carbocycles. The molecule has 0 bridgehead atoms. The van der Waals surface area contributed by atoms with Crippen molar-refractivity contribution in [3.8, 4) is 0 Å². The van der Waals surface area contributed by atoms with Crippen molar-refractivity contribution < 1.29 is 0 Å². The maximum absolute atomic E-state index is 3.84. The van der Waals surface area contributed by atoms with Crippen LogP contribution in [0.2, 0.25) is 0 Å². The van der Waals surface area contributed by atoms with Gasteiger partial charge in [0.05, 0.1) is 0 Å². The zero-order valence-corrected chi connectivity index (χ0v) is 13.5. The smallest absolute Gasteiger partial charge is 0.0391 e. The molecule has 1 atom stereocenters. The number of fused-ring (bicyclic) bond motifs is 1. The number of benzene rings is 1. The Kier molecular flexibility index (Phi) is 4.11. The fourth-order valence-electron chi connectivity index (χ4n) is 3.21. The zero-order valence-electron chi connectivity index (χ0n) is 12.6. The predicted molar refractivity (Wildman–Crippen MR) is 88.6 cm³/mol. The van der Waals surface area contributed by atoms with Crippen LogP contribution >= 0.6 is 11.3 Å². The summed E-state index contributed by atoms with van der Waals surface area (Å²) in [5.41, 5.74) is 1.46.